The summed E-state index contributed by atoms with van der Waals surface area (Å²) in [7, 11) is 2.99. The summed E-state index contributed by atoms with van der Waals surface area (Å²) in [6.45, 7) is -0.303. The molecular weight excluding hydrogens is 504 g/mol. The molecule has 0 unspecified atom stereocenters. The number of likely N-dealkylation sites (N-methyl/N-ethyl adjacent to an activating group) is 2. The standard InChI is InChI=1S/C32H34N4O4/c1-34-15-17-36(18-16-34)21-29(37)35(2)25-12-9-22(10-13-25)19-27(23-7-5-4-6-8-23)30-26-14-11-24(32(39)40-3)20-28(26)33-31(30)38/h4-14,20H,15-19,21H2,1-3H3,(H,33,38)/b30-27+/i2D3,4D,5D,6D,7D,8D,11D,14D,20D. The molecule has 40 heavy (non-hydrogen) atoms. The summed E-state index contributed by atoms with van der Waals surface area (Å²) in [5.41, 5.74) is -1.57. The molecule has 206 valence electrons. The zero-order valence-corrected chi connectivity index (χ0v) is 22.0. The van der Waals surface area contributed by atoms with Gasteiger partial charge in [0.15, 0.2) is 0 Å². The van der Waals surface area contributed by atoms with E-state index in [-0.39, 0.29) is 46.6 Å². The molecule has 0 saturated carbocycles. The van der Waals surface area contributed by atoms with Gasteiger partial charge in [-0.25, -0.2) is 4.79 Å². The van der Waals surface area contributed by atoms with Crippen LogP contribution in [0.4, 0.5) is 11.4 Å². The summed E-state index contributed by atoms with van der Waals surface area (Å²) in [6.07, 6.45) is -0.307. The first kappa shape index (κ1) is 16.7. The van der Waals surface area contributed by atoms with Crippen LogP contribution in [-0.4, -0.2) is 81.4 Å². The second-order valence-corrected chi connectivity index (χ2v) is 9.45. The molecule has 1 N–H and O–H groups in total. The first-order valence-electron chi connectivity index (χ1n) is 18.1. The summed E-state index contributed by atoms with van der Waals surface area (Å²) in [4.78, 5) is 44.1. The highest BCUT2D eigenvalue weighted by Crippen LogP contribution is 2.39. The van der Waals surface area contributed by atoms with E-state index < -0.39 is 78.7 Å². The summed E-state index contributed by atoms with van der Waals surface area (Å²) < 4.78 is 96.8. The van der Waals surface area contributed by atoms with E-state index in [0.717, 1.165) is 25.1 Å². The van der Waals surface area contributed by atoms with E-state index in [2.05, 4.69) is 15.0 Å². The van der Waals surface area contributed by atoms with Gasteiger partial charge in [0.1, 0.15) is 0 Å². The SMILES string of the molecule is [2H]c1c([2H])c([2H])c(/C(Cc2ccc(N(C(=O)CN3CCN(C)CC3)C([2H])([2H])[2H])cc2)=C2/C(=O)Nc3c([2H])c(C(=O)OC)c([2H])c([2H])c32)c([2H])c1[2H]. The predicted molar refractivity (Wildman–Crippen MR) is 157 cm³/mol. The van der Waals surface area contributed by atoms with Crippen LogP contribution in [0.3, 0.4) is 0 Å². The Kier molecular flexibility index (Phi) is 4.96. The van der Waals surface area contributed by atoms with Gasteiger partial charge in [-0.3, -0.25) is 14.5 Å². The first-order chi connectivity index (χ1) is 23.9. The van der Waals surface area contributed by atoms with Gasteiger partial charge in [0.25, 0.3) is 5.91 Å². The lowest BCUT2D eigenvalue weighted by Crippen LogP contribution is -2.48. The highest BCUT2D eigenvalue weighted by atomic mass is 16.5. The van der Waals surface area contributed by atoms with E-state index in [1.165, 1.54) is 24.3 Å². The fraction of sp³-hybridized carbons (Fsp3) is 0.281. The number of methoxy groups -OCH3 is 1. The molecule has 0 spiro atoms. The lowest BCUT2D eigenvalue weighted by atomic mass is 9.90. The van der Waals surface area contributed by atoms with Crippen LogP contribution in [0.2, 0.25) is 0 Å². The zero-order chi connectivity index (χ0) is 37.7. The molecule has 0 bridgehead atoms. The topological polar surface area (TPSA) is 82.2 Å². The molecule has 2 aliphatic rings. The number of nitrogens with one attached hydrogen (secondary N) is 1. The Hall–Kier alpha value is -4.27. The van der Waals surface area contributed by atoms with Crippen molar-refractivity contribution in [3.63, 3.8) is 0 Å². The number of amides is 2. The molecule has 8 heteroatoms. The Bertz CT molecular complexity index is 1950. The Morgan fingerprint density at radius 1 is 1.02 bits per heavy atom. The minimum Gasteiger partial charge on any atom is -0.465 e. The lowest BCUT2D eigenvalue weighted by Gasteiger charge is -2.32. The largest absolute Gasteiger partial charge is 0.465 e. The van der Waals surface area contributed by atoms with Crippen molar-refractivity contribution >= 4 is 40.3 Å². The van der Waals surface area contributed by atoms with Gasteiger partial charge in [-0.15, -0.1) is 0 Å². The van der Waals surface area contributed by atoms with Crippen LogP contribution in [0, 0.1) is 0 Å². The lowest BCUT2D eigenvalue weighted by molar-refractivity contribution is -0.119. The van der Waals surface area contributed by atoms with Crippen LogP contribution in [0.1, 0.15) is 42.1 Å². The Morgan fingerprint density at radius 3 is 2.42 bits per heavy atom. The number of allylic oxidation sites excluding steroid dienone is 1. The molecule has 8 nitrogen and oxygen atoms in total. The maximum atomic E-state index is 13.7. The highest BCUT2D eigenvalue weighted by Gasteiger charge is 2.29. The van der Waals surface area contributed by atoms with E-state index in [4.69, 9.17) is 15.1 Å². The summed E-state index contributed by atoms with van der Waals surface area (Å²) in [6, 6.07) is 0.379. The smallest absolute Gasteiger partial charge is 0.337 e. The number of hydrogen-bond donors (Lipinski definition) is 1. The van der Waals surface area contributed by atoms with E-state index in [0.29, 0.717) is 18.7 Å². The minimum absolute atomic E-state index is 0.0559. The molecule has 0 radical (unpaired) electrons. The fourth-order valence-electron chi connectivity index (χ4n) is 4.55. The van der Waals surface area contributed by atoms with E-state index in [9.17, 15) is 14.4 Å². The van der Waals surface area contributed by atoms with Crippen molar-refractivity contribution in [3.8, 4) is 0 Å². The van der Waals surface area contributed by atoms with Crippen LogP contribution >= 0.6 is 0 Å². The third kappa shape index (κ3) is 5.83. The molecule has 1 fully saturated rings. The number of esters is 1. The van der Waals surface area contributed by atoms with Crippen molar-refractivity contribution in [1.82, 2.24) is 9.80 Å². The van der Waals surface area contributed by atoms with Crippen molar-refractivity contribution in [2.75, 3.05) is 64.1 Å². The number of hydrogen-bond acceptors (Lipinski definition) is 6. The monoisotopic (exact) mass is 549 g/mol. The molecule has 2 aliphatic heterocycles. The minimum atomic E-state index is -2.83. The summed E-state index contributed by atoms with van der Waals surface area (Å²) in [5, 5.41) is 2.45. The molecular formula is C32H34N4O4. The van der Waals surface area contributed by atoms with Gasteiger partial charge in [-0.05, 0) is 54.4 Å². The first-order valence-corrected chi connectivity index (χ1v) is 12.6. The molecule has 1 saturated heterocycles. The highest BCUT2D eigenvalue weighted by molar-refractivity contribution is 6.37. The quantitative estimate of drug-likeness (QED) is 0.357. The van der Waals surface area contributed by atoms with Gasteiger partial charge in [0, 0.05) is 54.2 Å². The normalized spacial score (nSPS) is 20.9. The van der Waals surface area contributed by atoms with Crippen LogP contribution in [0.25, 0.3) is 11.1 Å². The molecule has 3 aromatic carbocycles. The van der Waals surface area contributed by atoms with Crippen LogP contribution < -0.4 is 10.2 Å². The van der Waals surface area contributed by atoms with Gasteiger partial charge in [0.2, 0.25) is 5.91 Å². The van der Waals surface area contributed by atoms with E-state index in [1.807, 2.05) is 11.9 Å². The Balaban J connectivity index is 1.65. The maximum Gasteiger partial charge on any atom is 0.337 e. The van der Waals surface area contributed by atoms with Crippen LogP contribution in [-0.2, 0) is 20.7 Å². The number of carbonyl (C=O) groups is 3. The number of carbonyl (C=O) groups excluding carboxylic acids is 3. The van der Waals surface area contributed by atoms with Crippen molar-refractivity contribution in [1.29, 1.82) is 0 Å². The molecule has 2 heterocycles. The number of anilines is 2. The molecule has 5 rings (SSSR count). The van der Waals surface area contributed by atoms with Crippen molar-refractivity contribution in [2.45, 2.75) is 6.42 Å². The average Bonchev–Trinajstić information content (AvgIpc) is 3.43. The number of fused-ring (bicyclic) bond motifs is 1. The fourth-order valence-corrected chi connectivity index (χ4v) is 4.55. The second-order valence-electron chi connectivity index (χ2n) is 9.45. The number of ether oxygens (including phenoxy) is 1. The number of nitrogens with zero attached hydrogens (tertiary/aromatic N) is 3. The predicted octanol–water partition coefficient (Wildman–Crippen LogP) is 3.79. The van der Waals surface area contributed by atoms with Gasteiger partial charge in [0.05, 0.1) is 35.8 Å². The maximum absolute atomic E-state index is 13.7. The molecule has 0 atom stereocenters. The molecule has 3 aromatic rings. The average molecular weight is 550 g/mol. The number of piperazine rings is 1. The molecule has 0 aliphatic carbocycles. The third-order valence-electron chi connectivity index (χ3n) is 6.80. The van der Waals surface area contributed by atoms with Crippen molar-refractivity contribution < 1.29 is 34.2 Å². The van der Waals surface area contributed by atoms with Gasteiger partial charge >= 0.3 is 5.97 Å². The van der Waals surface area contributed by atoms with Crippen molar-refractivity contribution in [3.05, 3.63) is 94.9 Å². The Morgan fingerprint density at radius 2 is 1.75 bits per heavy atom. The molecule has 0 aromatic heterocycles. The number of rotatable bonds is 7. The van der Waals surface area contributed by atoms with Gasteiger partial charge in [-0.2, -0.15) is 0 Å². The summed E-state index contributed by atoms with van der Waals surface area (Å²) >= 11 is 0. The second kappa shape index (κ2) is 11.9. The van der Waals surface area contributed by atoms with E-state index in [1.54, 1.807) is 0 Å². The van der Waals surface area contributed by atoms with Crippen molar-refractivity contribution in [2.24, 2.45) is 0 Å². The molecule has 2 amide bonds. The Labute approximate surface area is 250 Å². The van der Waals surface area contributed by atoms with E-state index >= 15 is 0 Å². The van der Waals surface area contributed by atoms with Gasteiger partial charge < -0.3 is 19.9 Å². The number of benzene rings is 3. The van der Waals surface area contributed by atoms with Gasteiger partial charge in [-0.1, -0.05) is 48.4 Å². The summed E-state index contributed by atoms with van der Waals surface area (Å²) in [5.74, 6) is -2.62. The zero-order valence-electron chi connectivity index (χ0n) is 33.0. The van der Waals surface area contributed by atoms with Crippen LogP contribution in [0.15, 0.2) is 72.6 Å². The van der Waals surface area contributed by atoms with Crippen LogP contribution in [0.5, 0.6) is 0 Å². The third-order valence-corrected chi connectivity index (χ3v) is 6.80.